The van der Waals surface area contributed by atoms with Crippen LogP contribution in [0.3, 0.4) is 0 Å². The number of carbonyl (C=O) groups is 1. The second-order valence-corrected chi connectivity index (χ2v) is 6.00. The molecule has 0 aromatic carbocycles. The first-order chi connectivity index (χ1) is 9.67. The highest BCUT2D eigenvalue weighted by molar-refractivity contribution is 7.10. The Labute approximate surface area is 123 Å². The van der Waals surface area contributed by atoms with Crippen molar-refractivity contribution >= 4 is 17.2 Å². The zero-order valence-corrected chi connectivity index (χ0v) is 12.5. The topological polar surface area (TPSA) is 64.3 Å². The summed E-state index contributed by atoms with van der Waals surface area (Å²) in [6.07, 6.45) is 3.56. The first kappa shape index (κ1) is 15.0. The van der Waals surface area contributed by atoms with Crippen molar-refractivity contribution in [2.75, 3.05) is 13.7 Å². The van der Waals surface area contributed by atoms with Crippen LogP contribution in [-0.4, -0.2) is 25.2 Å². The molecular formula is C15H20N2O2S. The van der Waals surface area contributed by atoms with Gasteiger partial charge in [-0.2, -0.15) is 0 Å². The van der Waals surface area contributed by atoms with Crippen molar-refractivity contribution < 1.29 is 9.53 Å². The zero-order chi connectivity index (χ0) is 14.4. The van der Waals surface area contributed by atoms with Gasteiger partial charge in [-0.3, -0.25) is 4.79 Å². The van der Waals surface area contributed by atoms with Crippen LogP contribution in [0, 0.1) is 11.8 Å². The average molecular weight is 292 g/mol. The Kier molecular flexibility index (Phi) is 5.18. The van der Waals surface area contributed by atoms with Crippen molar-refractivity contribution in [2.24, 2.45) is 5.73 Å². The molecule has 0 radical (unpaired) electrons. The summed E-state index contributed by atoms with van der Waals surface area (Å²) in [5, 5.41) is 4.92. The molecule has 108 valence electrons. The number of amides is 1. The molecule has 4 nitrogen and oxygen atoms in total. The van der Waals surface area contributed by atoms with E-state index >= 15 is 0 Å². The second-order valence-electron chi connectivity index (χ2n) is 5.00. The first-order valence-corrected chi connectivity index (χ1v) is 7.64. The summed E-state index contributed by atoms with van der Waals surface area (Å²) >= 11 is 1.60. The minimum Gasteiger partial charge on any atom is -0.378 e. The highest BCUT2D eigenvalue weighted by Gasteiger charge is 2.38. The first-order valence-electron chi connectivity index (χ1n) is 6.76. The van der Waals surface area contributed by atoms with Crippen molar-refractivity contribution in [3.05, 3.63) is 21.9 Å². The monoisotopic (exact) mass is 292 g/mol. The fraction of sp³-hybridized carbons (Fsp3) is 0.533. The predicted molar refractivity (Wildman–Crippen MR) is 80.3 cm³/mol. The third-order valence-electron chi connectivity index (χ3n) is 3.63. The van der Waals surface area contributed by atoms with Gasteiger partial charge in [-0.15, -0.1) is 11.3 Å². The summed E-state index contributed by atoms with van der Waals surface area (Å²) in [5.41, 5.74) is 6.08. The van der Waals surface area contributed by atoms with Gasteiger partial charge in [0.25, 0.3) is 0 Å². The number of nitrogens with two attached hydrogens (primary N) is 1. The number of thiophene rings is 1. The lowest BCUT2D eigenvalue weighted by Gasteiger charge is -2.39. The van der Waals surface area contributed by atoms with E-state index in [1.54, 1.807) is 18.4 Å². The van der Waals surface area contributed by atoms with Gasteiger partial charge in [0.05, 0.1) is 25.1 Å². The lowest BCUT2D eigenvalue weighted by atomic mass is 9.77. The average Bonchev–Trinajstić information content (AvgIpc) is 2.86. The fourth-order valence-electron chi connectivity index (χ4n) is 2.26. The van der Waals surface area contributed by atoms with Gasteiger partial charge >= 0.3 is 0 Å². The van der Waals surface area contributed by atoms with Crippen LogP contribution >= 0.6 is 11.3 Å². The minimum absolute atomic E-state index is 0.0505. The highest BCUT2D eigenvalue weighted by Crippen LogP contribution is 2.37. The molecule has 2 rings (SSSR count). The molecule has 0 bridgehead atoms. The normalized spacial score (nSPS) is 15.9. The maximum atomic E-state index is 11.9. The van der Waals surface area contributed by atoms with Crippen LogP contribution in [0.2, 0.25) is 0 Å². The van der Waals surface area contributed by atoms with Crippen molar-refractivity contribution in [3.63, 3.8) is 0 Å². The van der Waals surface area contributed by atoms with E-state index in [2.05, 4.69) is 17.2 Å². The maximum absolute atomic E-state index is 11.9. The van der Waals surface area contributed by atoms with Gasteiger partial charge in [-0.25, -0.2) is 0 Å². The Balaban J connectivity index is 1.79. The van der Waals surface area contributed by atoms with E-state index in [0.717, 1.165) is 29.7 Å². The van der Waals surface area contributed by atoms with Crippen molar-refractivity contribution in [1.29, 1.82) is 0 Å². The van der Waals surface area contributed by atoms with Crippen LogP contribution in [0.5, 0.6) is 0 Å². The Morgan fingerprint density at radius 2 is 2.40 bits per heavy atom. The molecule has 3 N–H and O–H groups in total. The molecule has 1 aliphatic carbocycles. The third kappa shape index (κ3) is 3.83. The SMILES string of the molecule is COC1(CC(=O)NCc2cc(C#CCN)cs2)CCC1. The fourth-order valence-corrected chi connectivity index (χ4v) is 3.01. The number of ether oxygens (including phenoxy) is 1. The summed E-state index contributed by atoms with van der Waals surface area (Å²) in [5.74, 6) is 5.85. The molecule has 1 saturated carbocycles. The van der Waals surface area contributed by atoms with E-state index in [9.17, 15) is 4.79 Å². The van der Waals surface area contributed by atoms with Gasteiger partial charge in [0, 0.05) is 22.9 Å². The number of nitrogens with one attached hydrogen (secondary N) is 1. The highest BCUT2D eigenvalue weighted by atomic mass is 32.1. The smallest absolute Gasteiger partial charge is 0.223 e. The van der Waals surface area contributed by atoms with Gasteiger partial charge < -0.3 is 15.8 Å². The van der Waals surface area contributed by atoms with Gasteiger partial charge in [0.1, 0.15) is 0 Å². The van der Waals surface area contributed by atoms with Crippen LogP contribution in [0.4, 0.5) is 0 Å². The summed E-state index contributed by atoms with van der Waals surface area (Å²) < 4.78 is 5.46. The Morgan fingerprint density at radius 3 is 3.00 bits per heavy atom. The summed E-state index contributed by atoms with van der Waals surface area (Å²) in [6, 6.07) is 1.99. The van der Waals surface area contributed by atoms with Crippen LogP contribution in [0.15, 0.2) is 11.4 Å². The molecule has 1 aromatic rings. The lowest BCUT2D eigenvalue weighted by Crippen LogP contribution is -2.43. The molecule has 0 spiro atoms. The maximum Gasteiger partial charge on any atom is 0.223 e. The molecule has 1 amide bonds. The van der Waals surface area contributed by atoms with Crippen LogP contribution in [0.25, 0.3) is 0 Å². The second kappa shape index (κ2) is 6.89. The molecule has 0 atom stereocenters. The summed E-state index contributed by atoms with van der Waals surface area (Å²) in [4.78, 5) is 13.0. The van der Waals surface area contributed by atoms with Crippen molar-refractivity contribution in [3.8, 4) is 11.8 Å². The molecule has 0 saturated heterocycles. The number of hydrogen-bond acceptors (Lipinski definition) is 4. The van der Waals surface area contributed by atoms with Crippen molar-refractivity contribution in [1.82, 2.24) is 5.32 Å². The molecule has 0 unspecified atom stereocenters. The largest absolute Gasteiger partial charge is 0.378 e. The minimum atomic E-state index is -0.211. The lowest BCUT2D eigenvalue weighted by molar-refractivity contribution is -0.134. The quantitative estimate of drug-likeness (QED) is 0.811. The molecule has 20 heavy (non-hydrogen) atoms. The molecule has 1 heterocycles. The van der Waals surface area contributed by atoms with E-state index in [-0.39, 0.29) is 11.5 Å². The van der Waals surface area contributed by atoms with Gasteiger partial charge in [0.15, 0.2) is 0 Å². The molecule has 1 aliphatic rings. The zero-order valence-electron chi connectivity index (χ0n) is 11.7. The Bertz CT molecular complexity index is 518. The number of rotatable bonds is 5. The number of methoxy groups -OCH3 is 1. The Hall–Kier alpha value is -1.35. The number of hydrogen-bond donors (Lipinski definition) is 2. The van der Waals surface area contributed by atoms with Gasteiger partial charge in [-0.1, -0.05) is 11.8 Å². The molecular weight excluding hydrogens is 272 g/mol. The summed E-state index contributed by atoms with van der Waals surface area (Å²) in [6.45, 7) is 0.911. The predicted octanol–water partition coefficient (Wildman–Crippen LogP) is 1.63. The van der Waals surface area contributed by atoms with Crippen LogP contribution in [0.1, 0.15) is 36.1 Å². The summed E-state index contributed by atoms with van der Waals surface area (Å²) in [7, 11) is 1.69. The van der Waals surface area contributed by atoms with E-state index < -0.39 is 0 Å². The molecule has 1 fully saturated rings. The van der Waals surface area contributed by atoms with Crippen molar-refractivity contribution in [2.45, 2.75) is 37.8 Å². The van der Waals surface area contributed by atoms with Crippen LogP contribution in [-0.2, 0) is 16.1 Å². The van der Waals surface area contributed by atoms with Gasteiger partial charge in [0.2, 0.25) is 5.91 Å². The molecule has 0 aliphatic heterocycles. The van der Waals surface area contributed by atoms with E-state index in [0.29, 0.717) is 19.5 Å². The molecule has 5 heteroatoms. The van der Waals surface area contributed by atoms with E-state index in [1.807, 2.05) is 11.4 Å². The van der Waals surface area contributed by atoms with E-state index in [1.165, 1.54) is 0 Å². The Morgan fingerprint density at radius 1 is 1.60 bits per heavy atom. The number of carbonyl (C=O) groups excluding carboxylic acids is 1. The standard InChI is InChI=1S/C15H20N2O2S/c1-19-15(5-3-6-15)9-14(18)17-10-13-8-12(11-20-13)4-2-7-16/h8,11H,3,5-7,9-10,16H2,1H3,(H,17,18). The third-order valence-corrected chi connectivity index (χ3v) is 4.57. The van der Waals surface area contributed by atoms with E-state index in [4.69, 9.17) is 10.5 Å². The molecule has 1 aromatic heterocycles. The van der Waals surface area contributed by atoms with Crippen LogP contribution < -0.4 is 11.1 Å². The van der Waals surface area contributed by atoms with Gasteiger partial charge in [-0.05, 0) is 25.3 Å².